The number of likely N-dealkylation sites (tertiary alicyclic amines) is 2. The van der Waals surface area contributed by atoms with Gasteiger partial charge in [-0.05, 0) is 33.7 Å². The predicted molar refractivity (Wildman–Crippen MR) is 62.0 cm³/mol. The van der Waals surface area contributed by atoms with E-state index in [1.807, 2.05) is 25.8 Å². The summed E-state index contributed by atoms with van der Waals surface area (Å²) < 4.78 is 0. The molecule has 0 spiro atoms. The predicted octanol–water partition coefficient (Wildman–Crippen LogP) is 0.310. The van der Waals surface area contributed by atoms with Gasteiger partial charge in [-0.15, -0.1) is 0 Å². The Morgan fingerprint density at radius 1 is 1.44 bits per heavy atom. The molecule has 2 aliphatic rings. The van der Waals surface area contributed by atoms with Gasteiger partial charge >= 0.3 is 0 Å². The average Bonchev–Trinajstić information content (AvgIpc) is 2.15. The third-order valence-electron chi connectivity index (χ3n) is 3.83. The van der Waals surface area contributed by atoms with Gasteiger partial charge in [-0.1, -0.05) is 0 Å². The summed E-state index contributed by atoms with van der Waals surface area (Å²) in [6.07, 6.45) is 1.85. The van der Waals surface area contributed by atoms with Gasteiger partial charge in [-0.2, -0.15) is 0 Å². The second-order valence-electron chi connectivity index (χ2n) is 5.60. The van der Waals surface area contributed by atoms with Crippen LogP contribution in [0.5, 0.6) is 0 Å². The Kier molecular flexibility index (Phi) is 2.97. The first-order valence-electron chi connectivity index (χ1n) is 6.15. The molecule has 0 aromatic heterocycles. The summed E-state index contributed by atoms with van der Waals surface area (Å²) in [7, 11) is 1.97. The highest BCUT2D eigenvalue weighted by atomic mass is 16.3. The first kappa shape index (κ1) is 11.9. The molecule has 0 bridgehead atoms. The molecule has 1 atom stereocenters. The lowest BCUT2D eigenvalue weighted by atomic mass is 9.76. The van der Waals surface area contributed by atoms with Crippen molar-refractivity contribution in [2.75, 3.05) is 26.7 Å². The smallest absolute Gasteiger partial charge is 0.228 e. The van der Waals surface area contributed by atoms with E-state index in [1.165, 1.54) is 0 Å². The van der Waals surface area contributed by atoms with E-state index < -0.39 is 5.60 Å². The van der Waals surface area contributed by atoms with Gasteiger partial charge in [0.2, 0.25) is 5.91 Å². The van der Waals surface area contributed by atoms with E-state index in [2.05, 4.69) is 4.90 Å². The zero-order chi connectivity index (χ0) is 11.9. The number of aliphatic hydroxyl groups is 1. The molecule has 0 radical (unpaired) electrons. The van der Waals surface area contributed by atoms with Gasteiger partial charge in [0.15, 0.2) is 0 Å². The van der Waals surface area contributed by atoms with Crippen molar-refractivity contribution in [3.05, 3.63) is 0 Å². The van der Waals surface area contributed by atoms with Crippen LogP contribution >= 0.6 is 0 Å². The Balaban J connectivity index is 2.08. The van der Waals surface area contributed by atoms with Gasteiger partial charge in [-0.25, -0.2) is 0 Å². The maximum absolute atomic E-state index is 12.3. The minimum Gasteiger partial charge on any atom is -0.386 e. The van der Waals surface area contributed by atoms with Crippen molar-refractivity contribution in [2.24, 2.45) is 5.92 Å². The highest BCUT2D eigenvalue weighted by molar-refractivity contribution is 5.81. The van der Waals surface area contributed by atoms with Crippen molar-refractivity contribution in [2.45, 2.75) is 38.3 Å². The molecule has 2 aliphatic heterocycles. The number of β-amino-alcohol motifs (C(OH)–C–C–N with tert-alkyl or cyclic N) is 1. The molecule has 4 heteroatoms. The lowest BCUT2D eigenvalue weighted by Gasteiger charge is -2.51. The molecule has 0 aliphatic carbocycles. The van der Waals surface area contributed by atoms with Crippen LogP contribution in [0.4, 0.5) is 0 Å². The fraction of sp³-hybridized carbons (Fsp3) is 0.917. The molecular weight excluding hydrogens is 204 g/mol. The van der Waals surface area contributed by atoms with Gasteiger partial charge in [-0.3, -0.25) is 4.79 Å². The molecule has 2 heterocycles. The number of hydrogen-bond donors (Lipinski definition) is 1. The highest BCUT2D eigenvalue weighted by Crippen LogP contribution is 2.35. The molecule has 0 aromatic carbocycles. The van der Waals surface area contributed by atoms with Crippen LogP contribution < -0.4 is 0 Å². The van der Waals surface area contributed by atoms with E-state index in [9.17, 15) is 9.90 Å². The zero-order valence-corrected chi connectivity index (χ0v) is 10.4. The monoisotopic (exact) mass is 226 g/mol. The molecule has 92 valence electrons. The second-order valence-corrected chi connectivity index (χ2v) is 5.60. The van der Waals surface area contributed by atoms with E-state index in [1.54, 1.807) is 0 Å². The Bertz CT molecular complexity index is 285. The van der Waals surface area contributed by atoms with Crippen molar-refractivity contribution in [1.82, 2.24) is 9.80 Å². The molecular formula is C12H22N2O2. The molecule has 2 saturated heterocycles. The lowest BCUT2D eigenvalue weighted by molar-refractivity contribution is -0.170. The van der Waals surface area contributed by atoms with Crippen molar-refractivity contribution in [3.63, 3.8) is 0 Å². The topological polar surface area (TPSA) is 43.8 Å². The highest BCUT2D eigenvalue weighted by Gasteiger charge is 2.51. The number of carbonyl (C=O) groups is 1. The van der Waals surface area contributed by atoms with Gasteiger partial charge in [0.25, 0.3) is 0 Å². The Labute approximate surface area is 97.2 Å². The lowest BCUT2D eigenvalue weighted by Crippen LogP contribution is -2.68. The molecule has 1 N–H and O–H groups in total. The number of amides is 1. The summed E-state index contributed by atoms with van der Waals surface area (Å²) >= 11 is 0. The van der Waals surface area contributed by atoms with Crippen molar-refractivity contribution < 1.29 is 9.90 Å². The Morgan fingerprint density at radius 3 is 2.56 bits per heavy atom. The molecule has 0 unspecified atom stereocenters. The first-order chi connectivity index (χ1) is 7.44. The summed E-state index contributed by atoms with van der Waals surface area (Å²) in [5.41, 5.74) is -0.764. The van der Waals surface area contributed by atoms with Crippen LogP contribution in [-0.2, 0) is 4.79 Å². The normalized spacial score (nSPS) is 30.7. The number of likely N-dealkylation sites (N-methyl/N-ethyl adjacent to an activating group) is 1. The minimum absolute atomic E-state index is 0.150. The van der Waals surface area contributed by atoms with E-state index in [0.29, 0.717) is 13.1 Å². The third kappa shape index (κ3) is 1.84. The number of carbonyl (C=O) groups excluding carboxylic acids is 1. The molecule has 0 aromatic rings. The summed E-state index contributed by atoms with van der Waals surface area (Å²) in [6, 6.07) is 0.247. The SMILES string of the molecule is CC(C)N1CCC[C@H](C2(O)CN(C)C2)C1=O. The van der Waals surface area contributed by atoms with E-state index in [4.69, 9.17) is 0 Å². The molecule has 16 heavy (non-hydrogen) atoms. The Morgan fingerprint density at radius 2 is 2.06 bits per heavy atom. The average molecular weight is 226 g/mol. The summed E-state index contributed by atoms with van der Waals surface area (Å²) in [6.45, 7) is 6.19. The quantitative estimate of drug-likeness (QED) is 0.737. The van der Waals surface area contributed by atoms with E-state index in [-0.39, 0.29) is 17.9 Å². The maximum Gasteiger partial charge on any atom is 0.228 e. The molecule has 2 rings (SSSR count). The van der Waals surface area contributed by atoms with Crippen LogP contribution in [0.3, 0.4) is 0 Å². The molecule has 4 nitrogen and oxygen atoms in total. The number of hydrogen-bond acceptors (Lipinski definition) is 3. The summed E-state index contributed by atoms with van der Waals surface area (Å²) in [5.74, 6) is -0.0308. The van der Waals surface area contributed by atoms with Crippen molar-refractivity contribution in [3.8, 4) is 0 Å². The molecule has 0 saturated carbocycles. The first-order valence-corrected chi connectivity index (χ1v) is 6.15. The van der Waals surface area contributed by atoms with Crippen LogP contribution in [0.15, 0.2) is 0 Å². The van der Waals surface area contributed by atoms with Crippen LogP contribution in [0.25, 0.3) is 0 Å². The Hall–Kier alpha value is -0.610. The largest absolute Gasteiger partial charge is 0.386 e. The summed E-state index contributed by atoms with van der Waals surface area (Å²) in [4.78, 5) is 16.2. The fourth-order valence-corrected chi connectivity index (χ4v) is 3.02. The number of nitrogens with zero attached hydrogens (tertiary/aromatic N) is 2. The van der Waals surface area contributed by atoms with Crippen LogP contribution in [-0.4, -0.2) is 59.1 Å². The maximum atomic E-state index is 12.3. The number of rotatable bonds is 2. The summed E-state index contributed by atoms with van der Waals surface area (Å²) in [5, 5.41) is 10.4. The second kappa shape index (κ2) is 4.00. The van der Waals surface area contributed by atoms with Gasteiger partial charge in [0.05, 0.1) is 5.92 Å². The number of piperidine rings is 1. The third-order valence-corrected chi connectivity index (χ3v) is 3.83. The van der Waals surface area contributed by atoms with Gasteiger partial charge < -0.3 is 14.9 Å². The minimum atomic E-state index is -0.764. The van der Waals surface area contributed by atoms with Crippen molar-refractivity contribution >= 4 is 5.91 Å². The van der Waals surface area contributed by atoms with Crippen LogP contribution in [0.1, 0.15) is 26.7 Å². The standard InChI is InChI=1S/C12H22N2O2/c1-9(2)14-6-4-5-10(11(14)15)12(16)7-13(3)8-12/h9-10,16H,4-8H2,1-3H3/t10-/m0/s1. The van der Waals surface area contributed by atoms with Gasteiger partial charge in [0, 0.05) is 25.7 Å². The van der Waals surface area contributed by atoms with E-state index >= 15 is 0 Å². The molecule has 1 amide bonds. The molecule has 2 fully saturated rings. The van der Waals surface area contributed by atoms with Crippen molar-refractivity contribution in [1.29, 1.82) is 0 Å². The van der Waals surface area contributed by atoms with E-state index in [0.717, 1.165) is 19.4 Å². The van der Waals surface area contributed by atoms with Gasteiger partial charge in [0.1, 0.15) is 5.60 Å². The fourth-order valence-electron chi connectivity index (χ4n) is 3.02. The van der Waals surface area contributed by atoms with Crippen LogP contribution in [0.2, 0.25) is 0 Å². The van der Waals surface area contributed by atoms with Crippen LogP contribution in [0, 0.1) is 5.92 Å². The zero-order valence-electron chi connectivity index (χ0n) is 10.4.